The van der Waals surface area contributed by atoms with Gasteiger partial charge in [-0.3, -0.25) is 0 Å². The van der Waals surface area contributed by atoms with Crippen LogP contribution in [-0.2, 0) is 0 Å². The Kier molecular flexibility index (Phi) is 2.73. The number of aryl methyl sites for hydroxylation is 1. The number of alkyl halides is 2. The normalized spacial score (nSPS) is 11.7. The molecule has 1 aromatic rings. The molecule has 0 N–H and O–H groups in total. The van der Waals surface area contributed by atoms with Crippen LogP contribution in [0.1, 0.15) is 12.5 Å². The molecule has 12 heavy (non-hydrogen) atoms. The van der Waals surface area contributed by atoms with Crippen molar-refractivity contribution in [2.24, 2.45) is 0 Å². The van der Waals surface area contributed by atoms with Crippen LogP contribution >= 0.6 is 11.8 Å². The van der Waals surface area contributed by atoms with Crippen LogP contribution in [-0.4, -0.2) is 5.25 Å². The van der Waals surface area contributed by atoms with E-state index < -0.39 is 5.25 Å². The lowest BCUT2D eigenvalue weighted by atomic mass is 10.2. The van der Waals surface area contributed by atoms with Crippen molar-refractivity contribution in [3.8, 4) is 0 Å². The predicted octanol–water partition coefficient (Wildman–Crippen LogP) is 3.70. The summed E-state index contributed by atoms with van der Waals surface area (Å²) in [5.41, 5.74) is 0.893. The van der Waals surface area contributed by atoms with Crippen molar-refractivity contribution >= 4 is 11.8 Å². The Hall–Kier alpha value is -0.570. The summed E-state index contributed by atoms with van der Waals surface area (Å²) in [6.07, 6.45) is 0. The van der Waals surface area contributed by atoms with Gasteiger partial charge in [0.2, 0.25) is 0 Å². The maximum absolute atomic E-state index is 12.6. The van der Waals surface area contributed by atoms with Gasteiger partial charge >= 0.3 is 0 Å². The van der Waals surface area contributed by atoms with E-state index in [-0.39, 0.29) is 0 Å². The molecule has 0 saturated heterocycles. The molecule has 0 atom stereocenters. The molecule has 0 aliphatic heterocycles. The van der Waals surface area contributed by atoms with E-state index in [1.54, 1.807) is 12.1 Å². The molecule has 3 heteroatoms. The second kappa shape index (κ2) is 3.44. The highest BCUT2D eigenvalue weighted by molar-refractivity contribution is 8.00. The molecule has 0 spiro atoms. The number of halogens is 2. The Labute approximate surface area is 75.0 Å². The third kappa shape index (κ3) is 2.81. The average molecular weight is 188 g/mol. The molecule has 0 unspecified atom stereocenters. The quantitative estimate of drug-likeness (QED) is 0.638. The highest BCUT2D eigenvalue weighted by Crippen LogP contribution is 2.36. The van der Waals surface area contributed by atoms with E-state index in [0.29, 0.717) is 16.7 Å². The maximum atomic E-state index is 12.6. The lowest BCUT2D eigenvalue weighted by molar-refractivity contribution is 0.129. The fraction of sp³-hybridized carbons (Fsp3) is 0.333. The molecule has 1 aromatic carbocycles. The van der Waals surface area contributed by atoms with E-state index in [1.165, 1.54) is 0 Å². The van der Waals surface area contributed by atoms with Gasteiger partial charge in [0.05, 0.1) is 0 Å². The van der Waals surface area contributed by atoms with Crippen LogP contribution in [0.4, 0.5) is 8.78 Å². The highest BCUT2D eigenvalue weighted by Gasteiger charge is 2.23. The van der Waals surface area contributed by atoms with Crippen LogP contribution in [0.15, 0.2) is 29.2 Å². The fourth-order valence-electron chi connectivity index (χ4n) is 0.864. The summed E-state index contributed by atoms with van der Waals surface area (Å²) in [5, 5.41) is -2.69. The van der Waals surface area contributed by atoms with E-state index in [4.69, 9.17) is 0 Å². The monoisotopic (exact) mass is 188 g/mol. The van der Waals surface area contributed by atoms with E-state index in [1.807, 2.05) is 19.1 Å². The molecular formula is C9H10F2S. The van der Waals surface area contributed by atoms with Crippen LogP contribution in [0.3, 0.4) is 0 Å². The number of hydrogen-bond donors (Lipinski definition) is 0. The van der Waals surface area contributed by atoms with Gasteiger partial charge in [-0.25, -0.2) is 0 Å². The highest BCUT2D eigenvalue weighted by atomic mass is 32.2. The molecular weight excluding hydrogens is 178 g/mol. The summed E-state index contributed by atoms with van der Waals surface area (Å²) in [7, 11) is 0. The largest absolute Gasteiger partial charge is 0.295 e. The van der Waals surface area contributed by atoms with Crippen LogP contribution in [0.5, 0.6) is 0 Å². The topological polar surface area (TPSA) is 0 Å². The minimum Gasteiger partial charge on any atom is -0.194 e. The molecule has 0 fully saturated rings. The SMILES string of the molecule is Cc1ccccc1SC(C)(F)F. The smallest absolute Gasteiger partial charge is 0.194 e. The van der Waals surface area contributed by atoms with Gasteiger partial charge in [-0.2, -0.15) is 8.78 Å². The second-order valence-corrected chi connectivity index (χ2v) is 4.04. The third-order valence-electron chi connectivity index (χ3n) is 1.38. The molecule has 0 aliphatic carbocycles. The third-order valence-corrected chi connectivity index (χ3v) is 2.42. The molecule has 66 valence electrons. The van der Waals surface area contributed by atoms with Crippen molar-refractivity contribution < 1.29 is 8.78 Å². The summed E-state index contributed by atoms with van der Waals surface area (Å²) in [6, 6.07) is 7.14. The van der Waals surface area contributed by atoms with Crippen LogP contribution < -0.4 is 0 Å². The molecule has 0 nitrogen and oxygen atoms in total. The summed E-state index contributed by atoms with van der Waals surface area (Å²) >= 11 is 0.594. The van der Waals surface area contributed by atoms with Crippen LogP contribution in [0.2, 0.25) is 0 Å². The maximum Gasteiger partial charge on any atom is 0.295 e. The van der Waals surface area contributed by atoms with Crippen molar-refractivity contribution in [2.75, 3.05) is 0 Å². The Morgan fingerprint density at radius 2 is 1.83 bits per heavy atom. The van der Waals surface area contributed by atoms with Crippen molar-refractivity contribution in [2.45, 2.75) is 24.0 Å². The number of hydrogen-bond acceptors (Lipinski definition) is 1. The van der Waals surface area contributed by atoms with E-state index in [2.05, 4.69) is 0 Å². The van der Waals surface area contributed by atoms with Crippen molar-refractivity contribution in [1.29, 1.82) is 0 Å². The van der Waals surface area contributed by atoms with Gasteiger partial charge in [0, 0.05) is 11.8 Å². The van der Waals surface area contributed by atoms with E-state index >= 15 is 0 Å². The van der Waals surface area contributed by atoms with Gasteiger partial charge in [0.15, 0.2) is 0 Å². The zero-order valence-corrected chi connectivity index (χ0v) is 7.79. The molecule has 0 aliphatic rings. The van der Waals surface area contributed by atoms with E-state index in [0.717, 1.165) is 12.5 Å². The number of rotatable bonds is 2. The van der Waals surface area contributed by atoms with Crippen molar-refractivity contribution in [3.05, 3.63) is 29.8 Å². The zero-order chi connectivity index (χ0) is 9.19. The molecule has 0 aromatic heterocycles. The molecule has 0 saturated carbocycles. The van der Waals surface area contributed by atoms with Gasteiger partial charge < -0.3 is 0 Å². The van der Waals surface area contributed by atoms with Gasteiger partial charge in [-0.05, 0) is 18.6 Å². The first kappa shape index (κ1) is 9.52. The summed E-state index contributed by atoms with van der Waals surface area (Å²) in [6.45, 7) is 2.73. The minimum atomic E-state index is -2.69. The predicted molar refractivity (Wildman–Crippen MR) is 47.7 cm³/mol. The van der Waals surface area contributed by atoms with E-state index in [9.17, 15) is 8.78 Å². The van der Waals surface area contributed by atoms with Gasteiger partial charge in [0.25, 0.3) is 5.25 Å². The average Bonchev–Trinajstić information content (AvgIpc) is 1.91. The Balaban J connectivity index is 2.83. The van der Waals surface area contributed by atoms with Crippen LogP contribution in [0, 0.1) is 6.92 Å². The molecule has 0 bridgehead atoms. The van der Waals surface area contributed by atoms with Gasteiger partial charge in [0.1, 0.15) is 0 Å². The second-order valence-electron chi connectivity index (χ2n) is 2.68. The lowest BCUT2D eigenvalue weighted by Gasteiger charge is -2.10. The van der Waals surface area contributed by atoms with Crippen LogP contribution in [0.25, 0.3) is 0 Å². The Morgan fingerprint density at radius 3 is 2.33 bits per heavy atom. The minimum absolute atomic E-state index is 0.594. The first-order valence-corrected chi connectivity index (χ1v) is 4.43. The lowest BCUT2D eigenvalue weighted by Crippen LogP contribution is -2.02. The Bertz CT molecular complexity index is 265. The number of thioether (sulfide) groups is 1. The summed E-state index contributed by atoms with van der Waals surface area (Å²) in [5.74, 6) is 0. The zero-order valence-electron chi connectivity index (χ0n) is 6.97. The summed E-state index contributed by atoms with van der Waals surface area (Å²) in [4.78, 5) is 0.644. The molecule has 0 amide bonds. The molecule has 0 heterocycles. The molecule has 1 rings (SSSR count). The van der Waals surface area contributed by atoms with Crippen molar-refractivity contribution in [3.63, 3.8) is 0 Å². The van der Waals surface area contributed by atoms with Gasteiger partial charge in [-0.15, -0.1) is 0 Å². The number of benzene rings is 1. The Morgan fingerprint density at radius 1 is 1.25 bits per heavy atom. The first-order chi connectivity index (χ1) is 5.49. The fourth-order valence-corrected chi connectivity index (χ4v) is 1.63. The van der Waals surface area contributed by atoms with Crippen molar-refractivity contribution in [1.82, 2.24) is 0 Å². The first-order valence-electron chi connectivity index (χ1n) is 3.61. The molecule has 0 radical (unpaired) electrons. The van der Waals surface area contributed by atoms with Gasteiger partial charge in [-0.1, -0.05) is 30.0 Å². The summed E-state index contributed by atoms with van der Waals surface area (Å²) < 4.78 is 25.1. The standard InChI is InChI=1S/C9H10F2S/c1-7-5-3-4-6-8(7)12-9(2,10)11/h3-6H,1-2H3.